The summed E-state index contributed by atoms with van der Waals surface area (Å²) in [7, 11) is 1.95. The van der Waals surface area contributed by atoms with Crippen molar-refractivity contribution in [1.29, 1.82) is 0 Å². The van der Waals surface area contributed by atoms with Crippen LogP contribution < -0.4 is 5.56 Å². The molecule has 6 rings (SSSR count). The van der Waals surface area contributed by atoms with Crippen molar-refractivity contribution < 1.29 is 0 Å². The van der Waals surface area contributed by atoms with Crippen molar-refractivity contribution in [3.05, 3.63) is 89.1 Å². The predicted octanol–water partition coefficient (Wildman–Crippen LogP) is 6.25. The maximum atomic E-state index is 14.0. The molecule has 1 saturated heterocycles. The van der Waals surface area contributed by atoms with Gasteiger partial charge in [-0.1, -0.05) is 43.3 Å². The van der Waals surface area contributed by atoms with E-state index in [9.17, 15) is 4.79 Å². The van der Waals surface area contributed by atoms with Gasteiger partial charge in [-0.05, 0) is 95.9 Å². The van der Waals surface area contributed by atoms with Crippen molar-refractivity contribution >= 4 is 10.8 Å². The molecule has 2 aromatic heterocycles. The zero-order valence-electron chi connectivity index (χ0n) is 20.7. The largest absolute Gasteiger partial charge is 0.315 e. The second-order valence-electron chi connectivity index (χ2n) is 10.9. The molecule has 0 unspecified atom stereocenters. The summed E-state index contributed by atoms with van der Waals surface area (Å²) in [6, 6.07) is 21.0. The van der Waals surface area contributed by atoms with Gasteiger partial charge in [0.15, 0.2) is 0 Å². The molecule has 2 aromatic carbocycles. The van der Waals surface area contributed by atoms with Crippen LogP contribution in [0.4, 0.5) is 0 Å². The maximum absolute atomic E-state index is 14.0. The second kappa shape index (κ2) is 8.76. The van der Waals surface area contributed by atoms with Crippen molar-refractivity contribution in [2.45, 2.75) is 38.5 Å². The molecule has 178 valence electrons. The number of likely N-dealkylation sites (tertiary alicyclic amines) is 1. The van der Waals surface area contributed by atoms with Gasteiger partial charge in [0, 0.05) is 37.6 Å². The van der Waals surface area contributed by atoms with E-state index in [0.717, 1.165) is 59.3 Å². The Labute approximate surface area is 207 Å². The number of aromatic nitrogens is 2. The van der Waals surface area contributed by atoms with Crippen LogP contribution in [-0.2, 0) is 7.05 Å². The minimum Gasteiger partial charge on any atom is -0.315 e. The van der Waals surface area contributed by atoms with Crippen molar-refractivity contribution in [2.24, 2.45) is 12.5 Å². The molecule has 0 spiro atoms. The van der Waals surface area contributed by atoms with Crippen LogP contribution in [0.2, 0.25) is 0 Å². The maximum Gasteiger partial charge on any atom is 0.259 e. The number of nitrogens with zero attached hydrogens (tertiary/aromatic N) is 3. The molecule has 3 heterocycles. The highest BCUT2D eigenvalue weighted by Crippen LogP contribution is 2.46. The topological polar surface area (TPSA) is 38.1 Å². The van der Waals surface area contributed by atoms with E-state index < -0.39 is 0 Å². The summed E-state index contributed by atoms with van der Waals surface area (Å²) < 4.78 is 1.91. The summed E-state index contributed by atoms with van der Waals surface area (Å²) in [5.41, 5.74) is 5.58. The number of hydrogen-bond donors (Lipinski definition) is 0. The number of hydrogen-bond acceptors (Lipinski definition) is 3. The van der Waals surface area contributed by atoms with Gasteiger partial charge in [-0.3, -0.25) is 9.78 Å². The Kier molecular flexibility index (Phi) is 5.57. The average Bonchev–Trinajstić information content (AvgIpc) is 3.62. The van der Waals surface area contributed by atoms with E-state index in [-0.39, 0.29) is 5.56 Å². The molecular formula is C31H33N3O. The lowest BCUT2D eigenvalue weighted by atomic mass is 9.88. The normalized spacial score (nSPS) is 18.1. The fourth-order valence-electron chi connectivity index (χ4n) is 5.79. The lowest BCUT2D eigenvalue weighted by molar-refractivity contribution is 0.178. The fraction of sp³-hybridized carbons (Fsp3) is 0.355. The van der Waals surface area contributed by atoms with Crippen LogP contribution >= 0.6 is 0 Å². The summed E-state index contributed by atoms with van der Waals surface area (Å²) >= 11 is 0. The molecular weight excluding hydrogens is 430 g/mol. The zero-order valence-corrected chi connectivity index (χ0v) is 20.7. The molecule has 35 heavy (non-hydrogen) atoms. The monoisotopic (exact) mass is 463 g/mol. The van der Waals surface area contributed by atoms with E-state index in [1.807, 2.05) is 42.2 Å². The molecule has 4 heteroatoms. The van der Waals surface area contributed by atoms with Crippen molar-refractivity contribution in [3.8, 4) is 22.3 Å². The Morgan fingerprint density at radius 2 is 1.63 bits per heavy atom. The second-order valence-corrected chi connectivity index (χ2v) is 10.9. The van der Waals surface area contributed by atoms with Crippen LogP contribution in [0, 0.1) is 5.41 Å². The Morgan fingerprint density at radius 1 is 0.914 bits per heavy atom. The van der Waals surface area contributed by atoms with Crippen LogP contribution in [-0.4, -0.2) is 34.1 Å². The number of piperidine rings is 1. The molecule has 4 nitrogen and oxygen atoms in total. The highest BCUT2D eigenvalue weighted by atomic mass is 16.1. The quantitative estimate of drug-likeness (QED) is 0.351. The molecule has 1 saturated carbocycles. The minimum atomic E-state index is 0.0810. The first kappa shape index (κ1) is 22.2. The van der Waals surface area contributed by atoms with Gasteiger partial charge in [0.1, 0.15) is 0 Å². The third kappa shape index (κ3) is 4.32. The van der Waals surface area contributed by atoms with Crippen molar-refractivity contribution in [1.82, 2.24) is 14.5 Å². The van der Waals surface area contributed by atoms with Crippen LogP contribution in [0.15, 0.2) is 77.9 Å². The van der Waals surface area contributed by atoms with Gasteiger partial charge in [-0.2, -0.15) is 0 Å². The lowest BCUT2D eigenvalue weighted by Gasteiger charge is -2.34. The Morgan fingerprint density at radius 3 is 2.34 bits per heavy atom. The van der Waals surface area contributed by atoms with E-state index in [1.165, 1.54) is 24.8 Å². The molecule has 4 aromatic rings. The third-order valence-electron chi connectivity index (χ3n) is 8.21. The summed E-state index contributed by atoms with van der Waals surface area (Å²) in [6.45, 7) is 5.87. The Hall–Kier alpha value is -3.24. The minimum absolute atomic E-state index is 0.0810. The Balaban J connectivity index is 1.42. The van der Waals surface area contributed by atoms with Crippen LogP contribution in [0.1, 0.15) is 44.2 Å². The predicted molar refractivity (Wildman–Crippen MR) is 144 cm³/mol. The zero-order chi connectivity index (χ0) is 24.0. The summed E-state index contributed by atoms with van der Waals surface area (Å²) in [6.07, 6.45) is 8.57. The van der Waals surface area contributed by atoms with Gasteiger partial charge >= 0.3 is 0 Å². The third-order valence-corrected chi connectivity index (χ3v) is 8.21. The van der Waals surface area contributed by atoms with Crippen LogP contribution in [0.25, 0.3) is 33.0 Å². The average molecular weight is 464 g/mol. The molecule has 0 bridgehead atoms. The van der Waals surface area contributed by atoms with Gasteiger partial charge in [-0.25, -0.2) is 0 Å². The van der Waals surface area contributed by atoms with E-state index in [1.54, 1.807) is 0 Å². The standard InChI is InChI=1S/C31H33N3O/c1-31(13-14-31)21-34-17-11-24(12-18-34)28-20-27(23-9-15-32-16-10-23)29(30(35)33(28)2)26-8-7-22-5-3-4-6-25(22)19-26/h3-10,15-16,19-20,24H,11-14,17-18,21H2,1-2H3. The van der Waals surface area contributed by atoms with Crippen LogP contribution in [0.5, 0.6) is 0 Å². The summed E-state index contributed by atoms with van der Waals surface area (Å²) in [5, 5.41) is 2.33. The molecule has 2 aliphatic rings. The summed E-state index contributed by atoms with van der Waals surface area (Å²) in [5.74, 6) is 0.405. The first-order valence-electron chi connectivity index (χ1n) is 12.9. The molecule has 1 aliphatic heterocycles. The van der Waals surface area contributed by atoms with Gasteiger partial charge in [0.05, 0.1) is 5.56 Å². The van der Waals surface area contributed by atoms with E-state index >= 15 is 0 Å². The lowest BCUT2D eigenvalue weighted by Crippen LogP contribution is -2.37. The highest BCUT2D eigenvalue weighted by molar-refractivity contribution is 5.91. The van der Waals surface area contributed by atoms with E-state index in [4.69, 9.17) is 0 Å². The number of rotatable bonds is 5. The highest BCUT2D eigenvalue weighted by Gasteiger charge is 2.39. The first-order valence-corrected chi connectivity index (χ1v) is 12.9. The van der Waals surface area contributed by atoms with Gasteiger partial charge in [-0.15, -0.1) is 0 Å². The van der Waals surface area contributed by atoms with E-state index in [0.29, 0.717) is 11.3 Å². The molecule has 1 aliphatic carbocycles. The van der Waals surface area contributed by atoms with Crippen molar-refractivity contribution in [2.75, 3.05) is 19.6 Å². The van der Waals surface area contributed by atoms with E-state index in [2.05, 4.69) is 59.3 Å². The number of benzene rings is 2. The molecule has 0 radical (unpaired) electrons. The first-order chi connectivity index (χ1) is 17.0. The van der Waals surface area contributed by atoms with Crippen LogP contribution in [0.3, 0.4) is 0 Å². The van der Waals surface area contributed by atoms with Gasteiger partial charge < -0.3 is 9.47 Å². The molecule has 0 N–H and O–H groups in total. The number of fused-ring (bicyclic) bond motifs is 1. The van der Waals surface area contributed by atoms with Gasteiger partial charge in [0.25, 0.3) is 5.56 Å². The fourth-order valence-corrected chi connectivity index (χ4v) is 5.79. The van der Waals surface area contributed by atoms with Crippen molar-refractivity contribution in [3.63, 3.8) is 0 Å². The molecule has 2 fully saturated rings. The number of pyridine rings is 2. The molecule has 0 atom stereocenters. The Bertz CT molecular complexity index is 1430. The molecule has 0 amide bonds. The SMILES string of the molecule is Cn1c(C2CCN(CC3(C)CC3)CC2)cc(-c2ccncc2)c(-c2ccc3ccccc3c2)c1=O. The van der Waals surface area contributed by atoms with Gasteiger partial charge in [0.2, 0.25) is 0 Å². The summed E-state index contributed by atoms with van der Waals surface area (Å²) in [4.78, 5) is 20.8. The smallest absolute Gasteiger partial charge is 0.259 e.